The van der Waals surface area contributed by atoms with Gasteiger partial charge in [-0.05, 0) is 35.9 Å². The second-order valence-corrected chi connectivity index (χ2v) is 6.50. The Balaban J connectivity index is 1.50. The molecule has 0 bridgehead atoms. The highest BCUT2D eigenvalue weighted by atomic mass is 16.5. The normalized spacial score (nSPS) is 15.3. The van der Waals surface area contributed by atoms with Crippen molar-refractivity contribution >= 4 is 22.9 Å². The maximum Gasteiger partial charge on any atom is 0.268 e. The number of ether oxygens (including phenoxy) is 1. The molecule has 1 amide bonds. The summed E-state index contributed by atoms with van der Waals surface area (Å²) >= 11 is 0. The molecule has 5 rings (SSSR count). The largest absolute Gasteiger partial charge is 0.480 e. The molecule has 5 nitrogen and oxygen atoms in total. The predicted molar refractivity (Wildman–Crippen MR) is 104 cm³/mol. The lowest BCUT2D eigenvalue weighted by molar-refractivity contribution is -0.122. The summed E-state index contributed by atoms with van der Waals surface area (Å²) in [5.74, 6) is 1.07. The Kier molecular flexibility index (Phi) is 3.64. The number of imidazole rings is 1. The highest BCUT2D eigenvalue weighted by molar-refractivity contribution is 5.96. The van der Waals surface area contributed by atoms with Crippen molar-refractivity contribution in [2.24, 2.45) is 0 Å². The van der Waals surface area contributed by atoms with E-state index in [1.54, 1.807) is 0 Å². The number of benzene rings is 3. The van der Waals surface area contributed by atoms with Crippen LogP contribution < -0.4 is 10.1 Å². The third-order valence-electron chi connectivity index (χ3n) is 4.75. The summed E-state index contributed by atoms with van der Waals surface area (Å²) in [6, 6.07) is 25.5. The summed E-state index contributed by atoms with van der Waals surface area (Å²) in [4.78, 5) is 17.5. The SMILES string of the molecule is O=C(Nc1nc2ccccc2n1-c1ccccc1)C1Cc2ccccc2O1. The minimum absolute atomic E-state index is 0.196. The second kappa shape index (κ2) is 6.29. The minimum atomic E-state index is -0.550. The number of carbonyl (C=O) groups is 1. The summed E-state index contributed by atoms with van der Waals surface area (Å²) < 4.78 is 7.77. The first kappa shape index (κ1) is 15.6. The molecule has 4 aromatic rings. The molecular formula is C22H17N3O2. The highest BCUT2D eigenvalue weighted by Gasteiger charge is 2.30. The van der Waals surface area contributed by atoms with Gasteiger partial charge in [0.25, 0.3) is 5.91 Å². The lowest BCUT2D eigenvalue weighted by atomic mass is 10.1. The van der Waals surface area contributed by atoms with Gasteiger partial charge in [-0.1, -0.05) is 48.5 Å². The van der Waals surface area contributed by atoms with Gasteiger partial charge in [0.2, 0.25) is 5.95 Å². The van der Waals surface area contributed by atoms with Crippen LogP contribution in [0.4, 0.5) is 5.95 Å². The molecule has 1 atom stereocenters. The Morgan fingerprint density at radius 3 is 2.56 bits per heavy atom. The van der Waals surface area contributed by atoms with Crippen LogP contribution in [0.15, 0.2) is 78.9 Å². The van der Waals surface area contributed by atoms with E-state index in [0.717, 1.165) is 28.0 Å². The Morgan fingerprint density at radius 2 is 1.70 bits per heavy atom. The first-order valence-electron chi connectivity index (χ1n) is 8.88. The molecule has 1 N–H and O–H groups in total. The molecule has 27 heavy (non-hydrogen) atoms. The number of rotatable bonds is 3. The molecule has 1 aliphatic heterocycles. The predicted octanol–water partition coefficient (Wildman–Crippen LogP) is 3.97. The minimum Gasteiger partial charge on any atom is -0.480 e. The van der Waals surface area contributed by atoms with Crippen molar-refractivity contribution in [3.05, 3.63) is 84.4 Å². The van der Waals surface area contributed by atoms with Crippen LogP contribution in [0.5, 0.6) is 5.75 Å². The number of nitrogens with one attached hydrogen (secondary N) is 1. The molecule has 1 aliphatic rings. The maximum atomic E-state index is 12.9. The molecule has 0 aliphatic carbocycles. The first-order chi connectivity index (χ1) is 13.3. The number of anilines is 1. The first-order valence-corrected chi connectivity index (χ1v) is 8.88. The van der Waals surface area contributed by atoms with E-state index in [0.29, 0.717) is 12.4 Å². The van der Waals surface area contributed by atoms with E-state index in [1.807, 2.05) is 83.4 Å². The van der Waals surface area contributed by atoms with E-state index >= 15 is 0 Å². The number of aromatic nitrogens is 2. The number of amides is 1. The number of hydrogen-bond donors (Lipinski definition) is 1. The van der Waals surface area contributed by atoms with Crippen LogP contribution in [0.3, 0.4) is 0 Å². The zero-order valence-corrected chi connectivity index (χ0v) is 14.5. The summed E-state index contributed by atoms with van der Waals surface area (Å²) in [5.41, 5.74) is 3.76. The molecular weight excluding hydrogens is 338 g/mol. The van der Waals surface area contributed by atoms with Gasteiger partial charge >= 0.3 is 0 Å². The average molecular weight is 355 g/mol. The van der Waals surface area contributed by atoms with Gasteiger partial charge < -0.3 is 4.74 Å². The number of carbonyl (C=O) groups excluding carboxylic acids is 1. The lowest BCUT2D eigenvalue weighted by Gasteiger charge is -2.13. The van der Waals surface area contributed by atoms with Gasteiger partial charge in [0, 0.05) is 12.1 Å². The molecule has 132 valence electrons. The molecule has 1 aromatic heterocycles. The molecule has 0 saturated heterocycles. The Hall–Kier alpha value is -3.60. The van der Waals surface area contributed by atoms with E-state index in [1.165, 1.54) is 0 Å². The molecule has 0 radical (unpaired) electrons. The van der Waals surface area contributed by atoms with Crippen molar-refractivity contribution in [2.75, 3.05) is 5.32 Å². The van der Waals surface area contributed by atoms with Gasteiger partial charge in [-0.2, -0.15) is 0 Å². The fraction of sp³-hybridized carbons (Fsp3) is 0.0909. The zero-order valence-electron chi connectivity index (χ0n) is 14.5. The monoisotopic (exact) mass is 355 g/mol. The lowest BCUT2D eigenvalue weighted by Crippen LogP contribution is -2.32. The molecule has 5 heteroatoms. The highest BCUT2D eigenvalue weighted by Crippen LogP contribution is 2.29. The quantitative estimate of drug-likeness (QED) is 0.605. The summed E-state index contributed by atoms with van der Waals surface area (Å²) in [6.45, 7) is 0. The fourth-order valence-electron chi connectivity index (χ4n) is 3.47. The summed E-state index contributed by atoms with van der Waals surface area (Å²) in [6.07, 6.45) is 0.0135. The Bertz CT molecular complexity index is 1110. The zero-order chi connectivity index (χ0) is 18.2. The van der Waals surface area contributed by atoms with E-state index in [-0.39, 0.29) is 5.91 Å². The van der Waals surface area contributed by atoms with Crippen molar-refractivity contribution < 1.29 is 9.53 Å². The van der Waals surface area contributed by atoms with Gasteiger partial charge in [0.15, 0.2) is 6.10 Å². The molecule has 1 unspecified atom stereocenters. The van der Waals surface area contributed by atoms with Gasteiger partial charge in [-0.15, -0.1) is 0 Å². The smallest absolute Gasteiger partial charge is 0.268 e. The van der Waals surface area contributed by atoms with E-state index < -0.39 is 6.10 Å². The van der Waals surface area contributed by atoms with Gasteiger partial charge in [-0.25, -0.2) is 4.98 Å². The molecule has 0 fully saturated rings. The standard InChI is InChI=1S/C22H17N3O2/c26-21(20-14-15-8-4-7-13-19(15)27-20)24-22-23-17-11-5-6-12-18(17)25(22)16-9-2-1-3-10-16/h1-13,20H,14H2,(H,23,24,26). The summed E-state index contributed by atoms with van der Waals surface area (Å²) in [7, 11) is 0. The second-order valence-electron chi connectivity index (χ2n) is 6.50. The molecule has 0 spiro atoms. The van der Waals surface area contributed by atoms with Crippen LogP contribution >= 0.6 is 0 Å². The third kappa shape index (κ3) is 2.73. The van der Waals surface area contributed by atoms with Crippen molar-refractivity contribution in [3.63, 3.8) is 0 Å². The average Bonchev–Trinajstić information content (AvgIpc) is 3.29. The number of nitrogens with zero attached hydrogens (tertiary/aromatic N) is 2. The number of para-hydroxylation sites is 4. The number of fused-ring (bicyclic) bond motifs is 2. The topological polar surface area (TPSA) is 56.2 Å². The Morgan fingerprint density at radius 1 is 0.963 bits per heavy atom. The van der Waals surface area contributed by atoms with Crippen molar-refractivity contribution in [3.8, 4) is 11.4 Å². The van der Waals surface area contributed by atoms with E-state index in [4.69, 9.17) is 4.74 Å². The van der Waals surface area contributed by atoms with Gasteiger partial charge in [-0.3, -0.25) is 14.7 Å². The van der Waals surface area contributed by atoms with Gasteiger partial charge in [0.1, 0.15) is 5.75 Å². The Labute approximate surface area is 156 Å². The fourth-order valence-corrected chi connectivity index (χ4v) is 3.47. The van der Waals surface area contributed by atoms with E-state index in [2.05, 4.69) is 10.3 Å². The van der Waals surface area contributed by atoms with Crippen LogP contribution in [0.2, 0.25) is 0 Å². The van der Waals surface area contributed by atoms with Crippen LogP contribution in [-0.2, 0) is 11.2 Å². The van der Waals surface area contributed by atoms with E-state index in [9.17, 15) is 4.79 Å². The van der Waals surface area contributed by atoms with Crippen molar-refractivity contribution in [1.29, 1.82) is 0 Å². The van der Waals surface area contributed by atoms with Crippen molar-refractivity contribution in [1.82, 2.24) is 9.55 Å². The maximum absolute atomic E-state index is 12.9. The number of hydrogen-bond acceptors (Lipinski definition) is 3. The third-order valence-corrected chi connectivity index (χ3v) is 4.75. The van der Waals surface area contributed by atoms with Crippen LogP contribution in [0, 0.1) is 0 Å². The summed E-state index contributed by atoms with van der Waals surface area (Å²) in [5, 5.41) is 2.96. The molecule has 0 saturated carbocycles. The molecule has 3 aromatic carbocycles. The molecule has 2 heterocycles. The van der Waals surface area contributed by atoms with Crippen LogP contribution in [0.25, 0.3) is 16.7 Å². The van der Waals surface area contributed by atoms with Crippen LogP contribution in [-0.4, -0.2) is 21.6 Å². The van der Waals surface area contributed by atoms with Gasteiger partial charge in [0.05, 0.1) is 11.0 Å². The van der Waals surface area contributed by atoms with Crippen LogP contribution in [0.1, 0.15) is 5.56 Å². The van der Waals surface area contributed by atoms with Crippen molar-refractivity contribution in [2.45, 2.75) is 12.5 Å².